The molecule has 1 aliphatic heterocycles. The molecule has 4 heteroatoms. The molecule has 0 saturated heterocycles. The zero-order valence-electron chi connectivity index (χ0n) is 25.6. The van der Waals surface area contributed by atoms with Crippen LogP contribution in [-0.2, 0) is 0 Å². The molecule has 2 heterocycles. The fourth-order valence-corrected chi connectivity index (χ4v) is 12.4. The van der Waals surface area contributed by atoms with Gasteiger partial charge in [-0.3, -0.25) is 0 Å². The fraction of sp³-hybridized carbons (Fsp3) is 0. The number of aromatic nitrogens is 3. The van der Waals surface area contributed by atoms with E-state index in [1.54, 1.807) is 0 Å². The number of fused-ring (bicyclic) bond motifs is 4. The monoisotopic (exact) mass is 615 g/mol. The molecule has 220 valence electrons. The second-order valence-electron chi connectivity index (χ2n) is 12.0. The van der Waals surface area contributed by atoms with Gasteiger partial charge in [-0.15, -0.1) is 0 Å². The first-order valence-corrected chi connectivity index (χ1v) is 18.0. The number of nitrogens with zero attached hydrogens (tertiary/aromatic N) is 3. The predicted octanol–water partition coefficient (Wildman–Crippen LogP) is 7.38. The Balaban J connectivity index is 1.27. The second kappa shape index (κ2) is 11.1. The number of hydrogen-bond donors (Lipinski definition) is 0. The van der Waals surface area contributed by atoms with Gasteiger partial charge in [-0.25, -0.2) is 15.0 Å². The van der Waals surface area contributed by atoms with Crippen molar-refractivity contribution in [1.29, 1.82) is 0 Å². The van der Waals surface area contributed by atoms with E-state index < -0.39 is 8.07 Å². The molecule has 0 unspecified atom stereocenters. The zero-order chi connectivity index (χ0) is 31.2. The summed E-state index contributed by atoms with van der Waals surface area (Å²) in [5, 5.41) is 7.93. The molecule has 0 saturated carbocycles. The molecule has 0 spiro atoms. The van der Waals surface area contributed by atoms with Crippen molar-refractivity contribution in [3.05, 3.63) is 176 Å². The van der Waals surface area contributed by atoms with Crippen molar-refractivity contribution in [3.8, 4) is 45.3 Å². The lowest BCUT2D eigenvalue weighted by molar-refractivity contribution is 1.07. The van der Waals surface area contributed by atoms with E-state index in [0.29, 0.717) is 17.5 Å². The highest BCUT2D eigenvalue weighted by atomic mass is 28.3. The minimum absolute atomic E-state index is 0.664. The molecule has 0 amide bonds. The summed E-state index contributed by atoms with van der Waals surface area (Å²) in [5.74, 6) is 2.00. The number of rotatable bonds is 5. The van der Waals surface area contributed by atoms with E-state index in [1.165, 1.54) is 37.3 Å². The highest BCUT2D eigenvalue weighted by molar-refractivity contribution is 7.22. The van der Waals surface area contributed by atoms with E-state index in [9.17, 15) is 0 Å². The highest BCUT2D eigenvalue weighted by Gasteiger charge is 2.48. The summed E-state index contributed by atoms with van der Waals surface area (Å²) >= 11 is 0. The smallest absolute Gasteiger partial charge is 0.180 e. The normalized spacial score (nSPS) is 12.9. The molecule has 7 aromatic carbocycles. The Bertz CT molecular complexity index is 2370. The van der Waals surface area contributed by atoms with Crippen molar-refractivity contribution in [2.45, 2.75) is 0 Å². The van der Waals surface area contributed by atoms with Gasteiger partial charge in [0.1, 0.15) is 0 Å². The van der Waals surface area contributed by atoms with Gasteiger partial charge in [-0.05, 0) is 54.8 Å². The van der Waals surface area contributed by atoms with Crippen molar-refractivity contribution in [3.63, 3.8) is 0 Å². The van der Waals surface area contributed by atoms with E-state index >= 15 is 0 Å². The molecule has 9 rings (SSSR count). The Hall–Kier alpha value is -5.97. The molecule has 8 aromatic rings. The quantitative estimate of drug-likeness (QED) is 0.190. The van der Waals surface area contributed by atoms with Crippen molar-refractivity contribution in [1.82, 2.24) is 15.0 Å². The molecule has 0 N–H and O–H groups in total. The van der Waals surface area contributed by atoms with E-state index in [-0.39, 0.29) is 0 Å². The van der Waals surface area contributed by atoms with Crippen LogP contribution in [-0.4, -0.2) is 23.0 Å². The Morgan fingerprint density at radius 2 is 0.809 bits per heavy atom. The largest absolute Gasteiger partial charge is 0.208 e. The third-order valence-electron chi connectivity index (χ3n) is 9.39. The third-order valence-corrected chi connectivity index (χ3v) is 14.3. The lowest BCUT2D eigenvalue weighted by Crippen LogP contribution is -2.72. The SMILES string of the molecule is c1ccc(-c2nc(-c3ccc4c(c3)-c3ccccc3[Si]4(c3ccccc3)c3ccccc3)nc(-c3ccc4ccccc4c3)n2)cc1. The van der Waals surface area contributed by atoms with Crippen LogP contribution in [0.3, 0.4) is 0 Å². The maximum atomic E-state index is 5.13. The van der Waals surface area contributed by atoms with Crippen molar-refractivity contribution < 1.29 is 0 Å². The van der Waals surface area contributed by atoms with Crippen molar-refractivity contribution in [2.75, 3.05) is 0 Å². The summed E-state index contributed by atoms with van der Waals surface area (Å²) in [4.78, 5) is 15.2. The molecule has 0 radical (unpaired) electrons. The summed E-state index contributed by atoms with van der Waals surface area (Å²) in [6, 6.07) is 63.0. The summed E-state index contributed by atoms with van der Waals surface area (Å²) in [6.07, 6.45) is 0. The zero-order valence-corrected chi connectivity index (χ0v) is 26.6. The van der Waals surface area contributed by atoms with Crippen LogP contribution < -0.4 is 20.7 Å². The molecule has 0 aliphatic carbocycles. The summed E-state index contributed by atoms with van der Waals surface area (Å²) in [7, 11) is -2.56. The molecular weight excluding hydrogens is 587 g/mol. The molecule has 1 aromatic heterocycles. The van der Waals surface area contributed by atoms with Gasteiger partial charge in [0.2, 0.25) is 0 Å². The average molecular weight is 616 g/mol. The molecule has 3 nitrogen and oxygen atoms in total. The standard InChI is InChI=1S/C43H29N3Si/c1-4-15-31(16-5-1)41-44-42(33-25-24-30-14-10-11-17-32(30)28-33)46-43(45-41)34-26-27-40-38(29-34)37-22-12-13-23-39(37)47(40,35-18-6-2-7-19-35)36-20-8-3-9-21-36/h1-29H. The van der Waals surface area contributed by atoms with Crippen LogP contribution in [0.5, 0.6) is 0 Å². The summed E-state index contributed by atoms with van der Waals surface area (Å²) in [5.41, 5.74) is 5.45. The fourth-order valence-electron chi connectivity index (χ4n) is 7.27. The predicted molar refractivity (Wildman–Crippen MR) is 196 cm³/mol. The third kappa shape index (κ3) is 4.45. The second-order valence-corrected chi connectivity index (χ2v) is 15.8. The van der Waals surface area contributed by atoms with Crippen LogP contribution in [0.4, 0.5) is 0 Å². The molecule has 1 aliphatic rings. The van der Waals surface area contributed by atoms with Gasteiger partial charge in [-0.1, -0.05) is 164 Å². The Kier molecular flexibility index (Phi) is 6.47. The van der Waals surface area contributed by atoms with Crippen LogP contribution >= 0.6 is 0 Å². The van der Waals surface area contributed by atoms with E-state index in [4.69, 9.17) is 15.0 Å². The maximum absolute atomic E-state index is 5.13. The van der Waals surface area contributed by atoms with Crippen molar-refractivity contribution in [2.24, 2.45) is 0 Å². The minimum Gasteiger partial charge on any atom is -0.208 e. The lowest BCUT2D eigenvalue weighted by Gasteiger charge is -2.31. The molecular formula is C43H29N3Si. The van der Waals surface area contributed by atoms with Gasteiger partial charge >= 0.3 is 0 Å². The Labute approximate surface area is 274 Å². The van der Waals surface area contributed by atoms with Crippen LogP contribution in [0, 0.1) is 0 Å². The molecule has 0 fully saturated rings. The highest BCUT2D eigenvalue weighted by Crippen LogP contribution is 2.33. The van der Waals surface area contributed by atoms with Crippen molar-refractivity contribution >= 4 is 39.6 Å². The summed E-state index contributed by atoms with van der Waals surface area (Å²) < 4.78 is 0. The Morgan fingerprint density at radius 3 is 1.49 bits per heavy atom. The van der Waals surface area contributed by atoms with Crippen LogP contribution in [0.1, 0.15) is 0 Å². The number of hydrogen-bond acceptors (Lipinski definition) is 3. The first-order valence-electron chi connectivity index (χ1n) is 16.0. The maximum Gasteiger partial charge on any atom is 0.180 e. The van der Waals surface area contributed by atoms with Gasteiger partial charge in [0.25, 0.3) is 0 Å². The summed E-state index contributed by atoms with van der Waals surface area (Å²) in [6.45, 7) is 0. The van der Waals surface area contributed by atoms with Gasteiger partial charge in [0, 0.05) is 16.7 Å². The Morgan fingerprint density at radius 1 is 0.319 bits per heavy atom. The topological polar surface area (TPSA) is 38.7 Å². The van der Waals surface area contributed by atoms with Gasteiger partial charge in [-0.2, -0.15) is 0 Å². The van der Waals surface area contributed by atoms with Crippen LogP contribution in [0.25, 0.3) is 56.1 Å². The van der Waals surface area contributed by atoms with E-state index in [0.717, 1.165) is 22.1 Å². The first kappa shape index (κ1) is 27.3. The van der Waals surface area contributed by atoms with Gasteiger partial charge in [0.05, 0.1) is 0 Å². The average Bonchev–Trinajstić information content (AvgIpc) is 3.46. The first-order chi connectivity index (χ1) is 23.3. The van der Waals surface area contributed by atoms with Crippen LogP contribution in [0.15, 0.2) is 176 Å². The molecule has 0 atom stereocenters. The number of benzene rings is 7. The van der Waals surface area contributed by atoms with E-state index in [1.807, 2.05) is 18.2 Å². The van der Waals surface area contributed by atoms with Gasteiger partial charge < -0.3 is 0 Å². The molecule has 47 heavy (non-hydrogen) atoms. The van der Waals surface area contributed by atoms with Crippen LogP contribution in [0.2, 0.25) is 0 Å². The minimum atomic E-state index is -2.56. The van der Waals surface area contributed by atoms with E-state index in [2.05, 4.69) is 158 Å². The lowest BCUT2D eigenvalue weighted by atomic mass is 10.0. The van der Waals surface area contributed by atoms with Gasteiger partial charge in [0.15, 0.2) is 25.5 Å². The molecule has 0 bridgehead atoms.